The molecule has 2 N–H and O–H groups in total. The van der Waals surface area contributed by atoms with Gasteiger partial charge >= 0.3 is 5.97 Å². The molecule has 0 saturated carbocycles. The Morgan fingerprint density at radius 1 is 1.64 bits per heavy atom. The molecule has 0 aliphatic heterocycles. The summed E-state index contributed by atoms with van der Waals surface area (Å²) < 4.78 is 17.5. The molecule has 0 aliphatic rings. The monoisotopic (exact) mass is 217 g/mol. The van der Waals surface area contributed by atoms with E-state index in [1.165, 1.54) is 19.1 Å². The van der Waals surface area contributed by atoms with Gasteiger partial charge in [0, 0.05) is 6.07 Å². The van der Waals surface area contributed by atoms with E-state index in [2.05, 4.69) is 0 Å². The Bertz CT molecular complexity index is 355. The number of carbonyl (C=O) groups is 1. The maximum Gasteiger partial charge on any atom is 0.328 e. The van der Waals surface area contributed by atoms with Crippen LogP contribution in [0.3, 0.4) is 0 Å². The van der Waals surface area contributed by atoms with Crippen molar-refractivity contribution in [3.63, 3.8) is 0 Å². The third kappa shape index (κ3) is 2.68. The fourth-order valence-corrected chi connectivity index (χ4v) is 0.920. The van der Waals surface area contributed by atoms with Crippen LogP contribution in [0.2, 0.25) is 5.02 Å². The predicted molar refractivity (Wildman–Crippen MR) is 50.7 cm³/mol. The van der Waals surface area contributed by atoms with Crippen LogP contribution in [0.5, 0.6) is 5.75 Å². The lowest BCUT2D eigenvalue weighted by Crippen LogP contribution is -2.30. The van der Waals surface area contributed by atoms with E-state index in [0.717, 1.165) is 6.07 Å². The van der Waals surface area contributed by atoms with E-state index < -0.39 is 17.8 Å². The molecule has 76 valence electrons. The molecule has 0 saturated heterocycles. The third-order valence-corrected chi connectivity index (χ3v) is 1.77. The van der Waals surface area contributed by atoms with Crippen molar-refractivity contribution in [3.05, 3.63) is 29.0 Å². The van der Waals surface area contributed by atoms with Crippen LogP contribution in [0.4, 0.5) is 4.39 Å². The molecule has 0 bridgehead atoms. The largest absolute Gasteiger partial charge is 0.425 e. The average molecular weight is 218 g/mol. The maximum absolute atomic E-state index is 12.7. The topological polar surface area (TPSA) is 52.3 Å². The van der Waals surface area contributed by atoms with Gasteiger partial charge in [-0.15, -0.1) is 0 Å². The highest BCUT2D eigenvalue weighted by Crippen LogP contribution is 2.21. The van der Waals surface area contributed by atoms with Gasteiger partial charge in [-0.2, -0.15) is 0 Å². The van der Waals surface area contributed by atoms with Crippen molar-refractivity contribution >= 4 is 17.6 Å². The lowest BCUT2D eigenvalue weighted by molar-refractivity contribution is -0.135. The van der Waals surface area contributed by atoms with Crippen molar-refractivity contribution < 1.29 is 13.9 Å². The van der Waals surface area contributed by atoms with Gasteiger partial charge in [-0.3, -0.25) is 0 Å². The van der Waals surface area contributed by atoms with Gasteiger partial charge in [0.2, 0.25) is 0 Å². The number of benzene rings is 1. The summed E-state index contributed by atoms with van der Waals surface area (Å²) in [6.45, 7) is 1.49. The van der Waals surface area contributed by atoms with Gasteiger partial charge in [0.15, 0.2) is 0 Å². The summed E-state index contributed by atoms with van der Waals surface area (Å²) in [5.74, 6) is -0.973. The summed E-state index contributed by atoms with van der Waals surface area (Å²) in [6, 6.07) is 2.92. The highest BCUT2D eigenvalue weighted by Gasteiger charge is 2.11. The first-order valence-electron chi connectivity index (χ1n) is 3.93. The molecule has 1 aromatic carbocycles. The van der Waals surface area contributed by atoms with Crippen LogP contribution >= 0.6 is 11.6 Å². The normalized spacial score (nSPS) is 12.3. The molecular weight excluding hydrogens is 209 g/mol. The van der Waals surface area contributed by atoms with Gasteiger partial charge in [-0.1, -0.05) is 11.6 Å². The molecule has 0 spiro atoms. The number of carbonyl (C=O) groups excluding carboxylic acids is 1. The van der Waals surface area contributed by atoms with Gasteiger partial charge in [0.05, 0.1) is 5.02 Å². The minimum absolute atomic E-state index is 0.0972. The van der Waals surface area contributed by atoms with Crippen LogP contribution < -0.4 is 10.5 Å². The van der Waals surface area contributed by atoms with E-state index in [4.69, 9.17) is 22.1 Å². The summed E-state index contributed by atoms with van der Waals surface area (Å²) in [5.41, 5.74) is 5.27. The standard InChI is InChI=1S/C9H9ClFNO2/c1-5(12)9(13)14-6-2-3-8(11)7(10)4-6/h2-5H,12H2,1H3/t5-/m0/s1. The molecule has 0 aromatic heterocycles. The van der Waals surface area contributed by atoms with Crippen LogP contribution in [0, 0.1) is 5.82 Å². The molecular formula is C9H9ClFNO2. The predicted octanol–water partition coefficient (Wildman–Crippen LogP) is 1.73. The van der Waals surface area contributed by atoms with E-state index in [1.807, 2.05) is 0 Å². The molecule has 0 radical (unpaired) electrons. The number of hydrogen-bond acceptors (Lipinski definition) is 3. The lowest BCUT2D eigenvalue weighted by Gasteiger charge is -2.06. The number of rotatable bonds is 2. The Balaban J connectivity index is 2.78. The van der Waals surface area contributed by atoms with Gasteiger partial charge in [0.25, 0.3) is 0 Å². The fraction of sp³-hybridized carbons (Fsp3) is 0.222. The van der Waals surface area contributed by atoms with E-state index >= 15 is 0 Å². The van der Waals surface area contributed by atoms with Crippen molar-refractivity contribution in [1.82, 2.24) is 0 Å². The number of halogens is 2. The highest BCUT2D eigenvalue weighted by molar-refractivity contribution is 6.30. The zero-order chi connectivity index (χ0) is 10.7. The SMILES string of the molecule is C[C@H](N)C(=O)Oc1ccc(F)c(Cl)c1. The third-order valence-electron chi connectivity index (χ3n) is 1.48. The summed E-state index contributed by atoms with van der Waals surface area (Å²) in [6.07, 6.45) is 0. The Hall–Kier alpha value is -1.13. The van der Waals surface area contributed by atoms with Crippen molar-refractivity contribution in [1.29, 1.82) is 0 Å². The van der Waals surface area contributed by atoms with E-state index in [0.29, 0.717) is 0 Å². The lowest BCUT2D eigenvalue weighted by atomic mass is 10.3. The van der Waals surface area contributed by atoms with Crippen LogP contribution in [-0.2, 0) is 4.79 Å². The Kier molecular flexibility index (Phi) is 3.43. The maximum atomic E-state index is 12.7. The molecule has 1 rings (SSSR count). The minimum atomic E-state index is -0.723. The van der Waals surface area contributed by atoms with Crippen molar-refractivity contribution in [2.75, 3.05) is 0 Å². The average Bonchev–Trinajstić information content (AvgIpc) is 2.11. The molecule has 0 unspecified atom stereocenters. The van der Waals surface area contributed by atoms with E-state index in [-0.39, 0.29) is 10.8 Å². The van der Waals surface area contributed by atoms with Crippen LogP contribution in [0.15, 0.2) is 18.2 Å². The second-order valence-electron chi connectivity index (χ2n) is 2.79. The molecule has 0 aliphatic carbocycles. The van der Waals surface area contributed by atoms with Crippen LogP contribution in [0.25, 0.3) is 0 Å². The molecule has 3 nitrogen and oxygen atoms in total. The Morgan fingerprint density at radius 2 is 2.29 bits per heavy atom. The first kappa shape index (κ1) is 10.9. The van der Waals surface area contributed by atoms with Crippen molar-refractivity contribution in [2.24, 2.45) is 5.73 Å². The number of hydrogen-bond donors (Lipinski definition) is 1. The number of esters is 1. The first-order chi connectivity index (χ1) is 6.50. The quantitative estimate of drug-likeness (QED) is 0.606. The van der Waals surface area contributed by atoms with Gasteiger partial charge in [0.1, 0.15) is 17.6 Å². The summed E-state index contributed by atoms with van der Waals surface area (Å²) >= 11 is 5.48. The summed E-state index contributed by atoms with van der Waals surface area (Å²) in [5, 5.41) is -0.0972. The molecule has 0 heterocycles. The zero-order valence-electron chi connectivity index (χ0n) is 7.46. The van der Waals surface area contributed by atoms with E-state index in [1.54, 1.807) is 0 Å². The van der Waals surface area contributed by atoms with Gasteiger partial charge in [-0.25, -0.2) is 9.18 Å². The molecule has 14 heavy (non-hydrogen) atoms. The second-order valence-corrected chi connectivity index (χ2v) is 3.19. The summed E-state index contributed by atoms with van der Waals surface area (Å²) in [4.78, 5) is 11.0. The molecule has 5 heteroatoms. The molecule has 1 atom stereocenters. The minimum Gasteiger partial charge on any atom is -0.425 e. The molecule has 0 fully saturated rings. The van der Waals surface area contributed by atoms with Crippen LogP contribution in [0.1, 0.15) is 6.92 Å². The second kappa shape index (κ2) is 4.39. The fourth-order valence-electron chi connectivity index (χ4n) is 0.749. The Labute approximate surface area is 85.6 Å². The van der Waals surface area contributed by atoms with Gasteiger partial charge in [-0.05, 0) is 19.1 Å². The zero-order valence-corrected chi connectivity index (χ0v) is 8.22. The van der Waals surface area contributed by atoms with Crippen molar-refractivity contribution in [3.8, 4) is 5.75 Å². The summed E-state index contributed by atoms with van der Waals surface area (Å²) in [7, 11) is 0. The van der Waals surface area contributed by atoms with Gasteiger partial charge < -0.3 is 10.5 Å². The number of nitrogens with two attached hydrogens (primary N) is 1. The smallest absolute Gasteiger partial charge is 0.328 e. The highest BCUT2D eigenvalue weighted by atomic mass is 35.5. The Morgan fingerprint density at radius 3 is 2.79 bits per heavy atom. The first-order valence-corrected chi connectivity index (χ1v) is 4.31. The molecule has 1 aromatic rings. The molecule has 0 amide bonds. The van der Waals surface area contributed by atoms with E-state index in [9.17, 15) is 9.18 Å². The van der Waals surface area contributed by atoms with Crippen molar-refractivity contribution in [2.45, 2.75) is 13.0 Å². The van der Waals surface area contributed by atoms with Crippen LogP contribution in [-0.4, -0.2) is 12.0 Å². The number of ether oxygens (including phenoxy) is 1.